The maximum absolute atomic E-state index is 12.6. The number of aliphatic carboxylic acids is 1. The molecule has 0 heterocycles. The Morgan fingerprint density at radius 1 is 1.03 bits per heavy atom. The van der Waals surface area contributed by atoms with E-state index in [4.69, 9.17) is 18.0 Å². The van der Waals surface area contributed by atoms with Crippen LogP contribution in [0.15, 0.2) is 12.2 Å². The molecule has 0 aliphatic carbocycles. The molecule has 2 unspecified atom stereocenters. The van der Waals surface area contributed by atoms with Crippen LogP contribution < -0.4 is 5.32 Å². The standard InChI is InChI=1S/C19H35NO8Si/c1-7-17(29(26-8-2,27-9-3)28-10-4)20-16(21)13-15(18(22)23)11-12-25-19(24)14(5)6/h15,17H,5,7-13H2,1-4,6H3,(H,20,21)(H,22,23). The molecule has 29 heavy (non-hydrogen) atoms. The first-order chi connectivity index (χ1) is 13.7. The van der Waals surface area contributed by atoms with Crippen molar-refractivity contribution >= 4 is 26.7 Å². The molecule has 168 valence electrons. The van der Waals surface area contributed by atoms with E-state index in [0.29, 0.717) is 26.2 Å². The summed E-state index contributed by atoms with van der Waals surface area (Å²) in [6.07, 6.45) is 0.265. The highest BCUT2D eigenvalue weighted by Gasteiger charge is 2.49. The lowest BCUT2D eigenvalue weighted by Gasteiger charge is -2.35. The molecule has 2 N–H and O–H groups in total. The van der Waals surface area contributed by atoms with Crippen LogP contribution in [0, 0.1) is 5.92 Å². The minimum Gasteiger partial charge on any atom is -0.481 e. The number of carboxylic acids is 1. The minimum atomic E-state index is -3.18. The lowest BCUT2D eigenvalue weighted by atomic mass is 10.0. The summed E-state index contributed by atoms with van der Waals surface area (Å²) >= 11 is 0. The molecule has 0 bridgehead atoms. The van der Waals surface area contributed by atoms with Crippen LogP contribution in [-0.4, -0.2) is 63.8 Å². The number of nitrogens with one attached hydrogen (secondary N) is 1. The normalized spacial score (nSPS) is 13.4. The van der Waals surface area contributed by atoms with Gasteiger partial charge in [-0.15, -0.1) is 0 Å². The van der Waals surface area contributed by atoms with Crippen molar-refractivity contribution in [3.63, 3.8) is 0 Å². The van der Waals surface area contributed by atoms with Crippen LogP contribution in [0.3, 0.4) is 0 Å². The average Bonchev–Trinajstić information content (AvgIpc) is 2.65. The van der Waals surface area contributed by atoms with E-state index in [1.807, 2.05) is 27.7 Å². The molecule has 0 aliphatic rings. The Kier molecular flexibility index (Phi) is 13.4. The minimum absolute atomic E-state index is 0.0174. The predicted molar refractivity (Wildman–Crippen MR) is 109 cm³/mol. The Morgan fingerprint density at radius 2 is 1.55 bits per heavy atom. The van der Waals surface area contributed by atoms with Gasteiger partial charge in [0.25, 0.3) is 0 Å². The summed E-state index contributed by atoms with van der Waals surface area (Å²) in [5, 5.41) is 12.2. The maximum atomic E-state index is 12.6. The summed E-state index contributed by atoms with van der Waals surface area (Å²) in [4.78, 5) is 35.5. The van der Waals surface area contributed by atoms with Crippen molar-refractivity contribution in [1.29, 1.82) is 0 Å². The van der Waals surface area contributed by atoms with Crippen molar-refractivity contribution < 1.29 is 37.5 Å². The van der Waals surface area contributed by atoms with Crippen LogP contribution in [0.25, 0.3) is 0 Å². The highest BCUT2D eigenvalue weighted by atomic mass is 28.4. The summed E-state index contributed by atoms with van der Waals surface area (Å²) in [6.45, 7) is 13.3. The van der Waals surface area contributed by atoms with E-state index in [9.17, 15) is 19.5 Å². The summed E-state index contributed by atoms with van der Waals surface area (Å²) in [5.41, 5.74) is -0.269. The Hall–Kier alpha value is -1.75. The SMILES string of the molecule is C=C(C)C(=O)OCCC(CC(=O)NC(CC)[Si](OCC)(OCC)OCC)C(=O)O. The quantitative estimate of drug-likeness (QED) is 0.216. The Morgan fingerprint density at radius 3 is 1.93 bits per heavy atom. The van der Waals surface area contributed by atoms with E-state index in [1.165, 1.54) is 6.92 Å². The van der Waals surface area contributed by atoms with Gasteiger partial charge in [0, 0.05) is 31.8 Å². The van der Waals surface area contributed by atoms with Crippen LogP contribution in [-0.2, 0) is 32.4 Å². The smallest absolute Gasteiger partial charge is 0.481 e. The molecule has 0 spiro atoms. The van der Waals surface area contributed by atoms with Gasteiger partial charge in [-0.25, -0.2) is 4.79 Å². The molecule has 0 aromatic carbocycles. The Bertz CT molecular complexity index is 537. The highest BCUT2D eigenvalue weighted by molar-refractivity contribution is 6.62. The molecule has 0 aliphatic heterocycles. The number of carbonyl (C=O) groups is 3. The number of esters is 1. The van der Waals surface area contributed by atoms with Gasteiger partial charge < -0.3 is 28.4 Å². The predicted octanol–water partition coefficient (Wildman–Crippen LogP) is 2.07. The van der Waals surface area contributed by atoms with E-state index in [1.54, 1.807) is 0 Å². The second kappa shape index (κ2) is 14.3. The third-order valence-electron chi connectivity index (χ3n) is 4.04. The van der Waals surface area contributed by atoms with Crippen molar-refractivity contribution in [2.45, 2.75) is 59.5 Å². The van der Waals surface area contributed by atoms with Crippen LogP contribution in [0.1, 0.15) is 53.9 Å². The monoisotopic (exact) mass is 433 g/mol. The van der Waals surface area contributed by atoms with Gasteiger partial charge in [0.1, 0.15) is 0 Å². The van der Waals surface area contributed by atoms with Gasteiger partial charge >= 0.3 is 20.7 Å². The second-order valence-electron chi connectivity index (χ2n) is 6.38. The molecule has 0 fully saturated rings. The van der Waals surface area contributed by atoms with E-state index in [2.05, 4.69) is 11.9 Å². The summed E-state index contributed by atoms with van der Waals surface area (Å²) < 4.78 is 22.4. The van der Waals surface area contributed by atoms with E-state index in [0.717, 1.165) is 0 Å². The molecule has 0 radical (unpaired) electrons. The first-order valence-electron chi connectivity index (χ1n) is 9.93. The summed E-state index contributed by atoms with van der Waals surface area (Å²) in [7, 11) is -3.18. The molecule has 10 heteroatoms. The van der Waals surface area contributed by atoms with Crippen LogP contribution >= 0.6 is 0 Å². The lowest BCUT2D eigenvalue weighted by Crippen LogP contribution is -2.63. The molecular formula is C19H35NO8Si. The highest BCUT2D eigenvalue weighted by Crippen LogP contribution is 2.19. The number of ether oxygens (including phenoxy) is 1. The second-order valence-corrected chi connectivity index (χ2v) is 9.15. The fourth-order valence-corrected chi connectivity index (χ4v) is 5.58. The number of hydrogen-bond acceptors (Lipinski definition) is 7. The summed E-state index contributed by atoms with van der Waals surface area (Å²) in [6, 6.07) is 0. The summed E-state index contributed by atoms with van der Waals surface area (Å²) in [5.74, 6) is -3.17. The number of amides is 1. The van der Waals surface area contributed by atoms with E-state index >= 15 is 0 Å². The Balaban J connectivity index is 5.08. The number of rotatable bonds is 16. The van der Waals surface area contributed by atoms with Crippen LogP contribution in [0.5, 0.6) is 0 Å². The van der Waals surface area contributed by atoms with Gasteiger partial charge in [-0.2, -0.15) is 0 Å². The van der Waals surface area contributed by atoms with Gasteiger partial charge in [0.05, 0.1) is 18.2 Å². The van der Waals surface area contributed by atoms with Gasteiger partial charge in [0.2, 0.25) is 5.91 Å². The fraction of sp³-hybridized carbons (Fsp3) is 0.737. The first kappa shape index (κ1) is 27.2. The molecule has 2 atom stereocenters. The van der Waals surface area contributed by atoms with Gasteiger partial charge in [-0.1, -0.05) is 13.5 Å². The number of hydrogen-bond donors (Lipinski definition) is 2. The van der Waals surface area contributed by atoms with Gasteiger partial charge in [-0.3, -0.25) is 9.59 Å². The molecule has 0 aromatic heterocycles. The topological polar surface area (TPSA) is 120 Å². The van der Waals surface area contributed by atoms with E-state index < -0.39 is 38.2 Å². The van der Waals surface area contributed by atoms with Gasteiger partial charge in [-0.05, 0) is 40.5 Å². The largest absolute Gasteiger partial charge is 0.524 e. The molecule has 0 aromatic rings. The zero-order valence-corrected chi connectivity index (χ0v) is 19.1. The van der Waals surface area contributed by atoms with Crippen molar-refractivity contribution in [1.82, 2.24) is 5.32 Å². The lowest BCUT2D eigenvalue weighted by molar-refractivity contribution is -0.147. The first-order valence-corrected chi connectivity index (χ1v) is 11.7. The fourth-order valence-electron chi connectivity index (χ4n) is 2.68. The molecular weight excluding hydrogens is 398 g/mol. The van der Waals surface area contributed by atoms with Crippen molar-refractivity contribution in [2.75, 3.05) is 26.4 Å². The third-order valence-corrected chi connectivity index (χ3v) is 7.52. The third kappa shape index (κ3) is 9.53. The van der Waals surface area contributed by atoms with Crippen molar-refractivity contribution in [2.24, 2.45) is 5.92 Å². The maximum Gasteiger partial charge on any atom is 0.524 e. The van der Waals surface area contributed by atoms with Gasteiger partial charge in [0.15, 0.2) is 0 Å². The average molecular weight is 434 g/mol. The zero-order chi connectivity index (χ0) is 22.4. The van der Waals surface area contributed by atoms with Crippen molar-refractivity contribution in [3.05, 3.63) is 12.2 Å². The van der Waals surface area contributed by atoms with Crippen molar-refractivity contribution in [3.8, 4) is 0 Å². The number of carboxylic acid groups (broad SMARTS) is 1. The van der Waals surface area contributed by atoms with Crippen LogP contribution in [0.4, 0.5) is 0 Å². The molecule has 0 saturated carbocycles. The van der Waals surface area contributed by atoms with E-state index in [-0.39, 0.29) is 25.0 Å². The van der Waals surface area contributed by atoms with Crippen LogP contribution in [0.2, 0.25) is 0 Å². The number of carbonyl (C=O) groups excluding carboxylic acids is 2. The molecule has 0 saturated heterocycles. The molecule has 0 rings (SSSR count). The zero-order valence-electron chi connectivity index (χ0n) is 18.1. The molecule has 9 nitrogen and oxygen atoms in total. The Labute approximate surface area is 174 Å². The molecule has 1 amide bonds.